The zero-order valence-corrected chi connectivity index (χ0v) is 29.4. The molecule has 0 aromatic carbocycles. The number of carbonyl (C=O) groups excluding carboxylic acids is 1. The molecule has 0 heterocycles. The molecule has 43 heavy (non-hydrogen) atoms. The number of rotatable bonds is 17. The Morgan fingerprint density at radius 3 is 2.23 bits per heavy atom. The van der Waals surface area contributed by atoms with Crippen LogP contribution in [0.3, 0.4) is 0 Å². The lowest BCUT2D eigenvalue weighted by molar-refractivity contribution is -0.0617. The lowest BCUT2D eigenvalue weighted by atomic mass is 9.47. The fraction of sp³-hybridized carbons (Fsp3) is 0.925. The van der Waals surface area contributed by atoms with E-state index in [-0.39, 0.29) is 6.10 Å². The first-order chi connectivity index (χ1) is 20.7. The summed E-state index contributed by atoms with van der Waals surface area (Å²) in [5.74, 6) is 5.17. The van der Waals surface area contributed by atoms with Crippen LogP contribution in [0, 0.1) is 46.3 Å². The molecule has 3 nitrogen and oxygen atoms in total. The molecule has 3 fully saturated rings. The van der Waals surface area contributed by atoms with Crippen molar-refractivity contribution in [1.29, 1.82) is 0 Å². The second-order valence-electron chi connectivity index (χ2n) is 16.6. The van der Waals surface area contributed by atoms with Gasteiger partial charge in [-0.1, -0.05) is 130 Å². The van der Waals surface area contributed by atoms with Crippen molar-refractivity contribution in [2.24, 2.45) is 46.3 Å². The molecule has 8 atom stereocenters. The van der Waals surface area contributed by atoms with Crippen LogP contribution in [0.25, 0.3) is 0 Å². The van der Waals surface area contributed by atoms with Crippen LogP contribution in [0.15, 0.2) is 11.6 Å². The summed E-state index contributed by atoms with van der Waals surface area (Å²) in [4.78, 5) is 12.5. The minimum absolute atomic E-state index is 0.00695. The molecule has 248 valence electrons. The molecule has 0 N–H and O–H groups in total. The topological polar surface area (TPSA) is 35.5 Å². The lowest BCUT2D eigenvalue weighted by Gasteiger charge is -2.58. The van der Waals surface area contributed by atoms with E-state index >= 15 is 0 Å². The van der Waals surface area contributed by atoms with Gasteiger partial charge in [-0.05, 0) is 97.7 Å². The van der Waals surface area contributed by atoms with Crippen LogP contribution in [-0.2, 0) is 9.47 Å². The molecule has 0 aliphatic heterocycles. The lowest BCUT2D eigenvalue weighted by Crippen LogP contribution is -2.51. The summed E-state index contributed by atoms with van der Waals surface area (Å²) in [6.07, 6.45) is 29.3. The Kier molecular flexibility index (Phi) is 13.4. The second-order valence-corrected chi connectivity index (χ2v) is 16.6. The Balaban J connectivity index is 1.19. The van der Waals surface area contributed by atoms with E-state index in [1.54, 1.807) is 5.57 Å². The molecule has 0 aromatic heterocycles. The minimum Gasteiger partial charge on any atom is -0.434 e. The smallest absolute Gasteiger partial charge is 0.434 e. The molecule has 4 aliphatic carbocycles. The van der Waals surface area contributed by atoms with E-state index < -0.39 is 6.16 Å². The van der Waals surface area contributed by atoms with E-state index in [1.807, 2.05) is 0 Å². The highest BCUT2D eigenvalue weighted by atomic mass is 16.7. The molecule has 4 aliphatic rings. The van der Waals surface area contributed by atoms with Crippen LogP contribution in [0.4, 0.5) is 4.79 Å². The maximum absolute atomic E-state index is 12.5. The number of fused-ring (bicyclic) bond motifs is 5. The van der Waals surface area contributed by atoms with E-state index in [0.717, 1.165) is 67.6 Å². The third-order valence-corrected chi connectivity index (χ3v) is 13.2. The van der Waals surface area contributed by atoms with E-state index in [0.29, 0.717) is 17.4 Å². The Hall–Kier alpha value is -0.990. The average Bonchev–Trinajstić information content (AvgIpc) is 3.33. The van der Waals surface area contributed by atoms with Gasteiger partial charge in [0.05, 0.1) is 6.61 Å². The van der Waals surface area contributed by atoms with E-state index in [2.05, 4.69) is 47.6 Å². The first kappa shape index (κ1) is 34.9. The maximum Gasteiger partial charge on any atom is 0.508 e. The Morgan fingerprint density at radius 2 is 1.53 bits per heavy atom. The highest BCUT2D eigenvalue weighted by molar-refractivity contribution is 5.60. The number of hydrogen-bond donors (Lipinski definition) is 0. The fourth-order valence-electron chi connectivity index (χ4n) is 10.7. The molecular formula is C40H70O3. The summed E-state index contributed by atoms with van der Waals surface area (Å²) in [6, 6.07) is 0. The Bertz CT molecular complexity index is 877. The molecule has 0 amide bonds. The van der Waals surface area contributed by atoms with Crippen molar-refractivity contribution < 1.29 is 14.3 Å². The van der Waals surface area contributed by atoms with Gasteiger partial charge < -0.3 is 9.47 Å². The number of allylic oxidation sites excluding steroid dienone is 1. The van der Waals surface area contributed by atoms with Crippen molar-refractivity contribution in [3.05, 3.63) is 11.6 Å². The van der Waals surface area contributed by atoms with Crippen LogP contribution < -0.4 is 0 Å². The fourth-order valence-corrected chi connectivity index (χ4v) is 10.7. The normalized spacial score (nSPS) is 34.2. The van der Waals surface area contributed by atoms with Gasteiger partial charge in [0.15, 0.2) is 0 Å². The minimum atomic E-state index is -0.438. The van der Waals surface area contributed by atoms with Crippen LogP contribution in [-0.4, -0.2) is 18.9 Å². The zero-order valence-electron chi connectivity index (χ0n) is 29.4. The summed E-state index contributed by atoms with van der Waals surface area (Å²) in [7, 11) is 0. The van der Waals surface area contributed by atoms with Gasteiger partial charge in [-0.2, -0.15) is 0 Å². The van der Waals surface area contributed by atoms with Gasteiger partial charge in [0, 0.05) is 6.42 Å². The summed E-state index contributed by atoms with van der Waals surface area (Å²) >= 11 is 0. The summed E-state index contributed by atoms with van der Waals surface area (Å²) in [5, 5.41) is 0. The molecule has 4 rings (SSSR count). The molecule has 3 saturated carbocycles. The predicted molar refractivity (Wildman–Crippen MR) is 181 cm³/mol. The van der Waals surface area contributed by atoms with Gasteiger partial charge in [0.1, 0.15) is 6.10 Å². The quantitative estimate of drug-likeness (QED) is 0.0949. The molecular weight excluding hydrogens is 528 g/mol. The van der Waals surface area contributed by atoms with E-state index in [1.165, 1.54) is 103 Å². The standard InChI is InChI=1S/C40H70O3/c1-7-8-9-10-11-12-13-14-15-16-28-42-38(41)43-33-24-26-39(5)32(29-33)20-21-34-36-23-22-35(31(4)19-17-18-30(2)3)40(36,6)27-25-37(34)39/h20,30-31,33-37H,7-19,21-29H2,1-6H3/t31-,33+,34+,35-,36+,37+,39+,40-/m1/s1. The summed E-state index contributed by atoms with van der Waals surface area (Å²) in [5.41, 5.74) is 2.43. The van der Waals surface area contributed by atoms with E-state index in [4.69, 9.17) is 9.47 Å². The third-order valence-electron chi connectivity index (χ3n) is 13.2. The largest absolute Gasteiger partial charge is 0.508 e. The van der Waals surface area contributed by atoms with Crippen LogP contribution in [0.5, 0.6) is 0 Å². The Labute approximate surface area is 267 Å². The Morgan fingerprint density at radius 1 is 0.837 bits per heavy atom. The van der Waals surface area contributed by atoms with Crippen LogP contribution in [0.2, 0.25) is 0 Å². The van der Waals surface area contributed by atoms with Crippen LogP contribution in [0.1, 0.15) is 176 Å². The average molecular weight is 599 g/mol. The first-order valence-electron chi connectivity index (χ1n) is 19.2. The highest BCUT2D eigenvalue weighted by Gasteiger charge is 2.59. The first-order valence-corrected chi connectivity index (χ1v) is 19.2. The SMILES string of the molecule is CCCCCCCCCCCCOC(=O)O[C@H]1CC[C@@]2(C)C(=CC[C@H]3[C@@H]4CC[C@H]([C@H](C)CCCC(C)C)[C@@]4(C)CC[C@@H]32)C1. The van der Waals surface area contributed by atoms with Gasteiger partial charge in [-0.15, -0.1) is 0 Å². The molecule has 3 heteroatoms. The van der Waals surface area contributed by atoms with Crippen molar-refractivity contribution >= 4 is 6.16 Å². The third kappa shape index (κ3) is 8.84. The van der Waals surface area contributed by atoms with Crippen molar-refractivity contribution in [2.75, 3.05) is 6.61 Å². The van der Waals surface area contributed by atoms with Crippen molar-refractivity contribution in [3.63, 3.8) is 0 Å². The summed E-state index contributed by atoms with van der Waals surface area (Å²) < 4.78 is 11.4. The van der Waals surface area contributed by atoms with Gasteiger partial charge in [0.25, 0.3) is 0 Å². The van der Waals surface area contributed by atoms with Gasteiger partial charge in [0.2, 0.25) is 0 Å². The predicted octanol–water partition coefficient (Wildman–Crippen LogP) is 12.5. The molecule has 0 saturated heterocycles. The number of hydrogen-bond acceptors (Lipinski definition) is 3. The molecule has 0 aromatic rings. The van der Waals surface area contributed by atoms with Crippen LogP contribution >= 0.6 is 0 Å². The van der Waals surface area contributed by atoms with Crippen molar-refractivity contribution in [2.45, 2.75) is 182 Å². The van der Waals surface area contributed by atoms with Crippen molar-refractivity contribution in [3.8, 4) is 0 Å². The van der Waals surface area contributed by atoms with Gasteiger partial charge >= 0.3 is 6.16 Å². The number of ether oxygens (including phenoxy) is 2. The van der Waals surface area contributed by atoms with Gasteiger partial charge in [-0.3, -0.25) is 0 Å². The molecule has 0 unspecified atom stereocenters. The van der Waals surface area contributed by atoms with E-state index in [9.17, 15) is 4.79 Å². The molecule has 0 spiro atoms. The molecule has 0 radical (unpaired) electrons. The summed E-state index contributed by atoms with van der Waals surface area (Å²) in [6.45, 7) is 15.4. The molecule has 0 bridgehead atoms. The van der Waals surface area contributed by atoms with Gasteiger partial charge in [-0.25, -0.2) is 4.79 Å². The number of unbranched alkanes of at least 4 members (excludes halogenated alkanes) is 9. The number of carbonyl (C=O) groups is 1. The monoisotopic (exact) mass is 599 g/mol. The second kappa shape index (κ2) is 16.5. The maximum atomic E-state index is 12.5. The van der Waals surface area contributed by atoms with Crippen molar-refractivity contribution in [1.82, 2.24) is 0 Å². The highest BCUT2D eigenvalue weighted by Crippen LogP contribution is 2.67. The zero-order chi connectivity index (χ0) is 30.9.